The summed E-state index contributed by atoms with van der Waals surface area (Å²) < 4.78 is 11.5. The maximum atomic E-state index is 9.08. The number of nitriles is 1. The molecule has 44 heavy (non-hydrogen) atoms. The lowest BCUT2D eigenvalue weighted by Crippen LogP contribution is -1.92. The number of fused-ring (bicyclic) bond motifs is 1. The van der Waals surface area contributed by atoms with E-state index in [0.29, 0.717) is 22.7 Å². The van der Waals surface area contributed by atoms with E-state index >= 15 is 0 Å². The molecule has 6 N–H and O–H groups in total. The molecule has 11 heteroatoms. The van der Waals surface area contributed by atoms with E-state index < -0.39 is 0 Å². The van der Waals surface area contributed by atoms with Crippen LogP contribution in [0.1, 0.15) is 5.56 Å². The van der Waals surface area contributed by atoms with Gasteiger partial charge in [0.25, 0.3) is 0 Å². The van der Waals surface area contributed by atoms with Gasteiger partial charge in [0, 0.05) is 11.1 Å². The van der Waals surface area contributed by atoms with Gasteiger partial charge in [-0.15, -0.1) is 0 Å². The minimum absolute atomic E-state index is 0.206. The fourth-order valence-electron chi connectivity index (χ4n) is 4.39. The summed E-state index contributed by atoms with van der Waals surface area (Å²) in [7, 11) is 0. The van der Waals surface area contributed by atoms with Crippen molar-refractivity contribution in [2.45, 2.75) is 0 Å². The van der Waals surface area contributed by atoms with Gasteiger partial charge in [0.1, 0.15) is 46.8 Å². The van der Waals surface area contributed by atoms with Crippen LogP contribution < -0.4 is 20.9 Å². The van der Waals surface area contributed by atoms with Crippen molar-refractivity contribution in [3.63, 3.8) is 0 Å². The molecule has 3 heterocycles. The number of rotatable bonds is 6. The van der Waals surface area contributed by atoms with Crippen molar-refractivity contribution in [1.29, 1.82) is 5.26 Å². The Bertz CT molecular complexity index is 2030. The van der Waals surface area contributed by atoms with Gasteiger partial charge in [0.05, 0.1) is 16.8 Å². The molecular weight excluding hydrogens is 554 g/mol. The molecule has 0 unspecified atom stereocenters. The van der Waals surface area contributed by atoms with Gasteiger partial charge in [0.15, 0.2) is 11.5 Å². The van der Waals surface area contributed by atoms with Crippen molar-refractivity contribution >= 4 is 22.7 Å². The van der Waals surface area contributed by atoms with Crippen LogP contribution >= 0.6 is 0 Å². The van der Waals surface area contributed by atoms with Crippen molar-refractivity contribution in [3.8, 4) is 51.6 Å². The number of H-pyrrole nitrogens is 2. The zero-order valence-electron chi connectivity index (χ0n) is 23.2. The molecule has 0 bridgehead atoms. The zero-order valence-corrected chi connectivity index (χ0v) is 23.2. The third-order valence-corrected chi connectivity index (χ3v) is 6.53. The number of hydrogen-bond donors (Lipinski definition) is 4. The number of nitrogens with zero attached hydrogens (tertiary/aromatic N) is 5. The molecule has 7 rings (SSSR count). The molecule has 0 amide bonds. The maximum Gasteiger partial charge on any atom is 0.186 e. The fraction of sp³-hybridized carbons (Fsp3) is 0. The van der Waals surface area contributed by atoms with E-state index in [-0.39, 0.29) is 5.82 Å². The number of benzene rings is 4. The second-order valence-corrected chi connectivity index (χ2v) is 9.41. The molecule has 0 spiro atoms. The molecule has 0 saturated heterocycles. The fourth-order valence-corrected chi connectivity index (χ4v) is 4.39. The summed E-state index contributed by atoms with van der Waals surface area (Å²) in [6, 6.07) is 36.3. The highest BCUT2D eigenvalue weighted by atomic mass is 16.5. The number of aromatic amines is 2. The molecule has 0 fully saturated rings. The van der Waals surface area contributed by atoms with E-state index in [4.69, 9.17) is 26.2 Å². The second kappa shape index (κ2) is 12.5. The number of ether oxygens (including phenoxy) is 2. The van der Waals surface area contributed by atoms with Gasteiger partial charge >= 0.3 is 0 Å². The van der Waals surface area contributed by atoms with Crippen molar-refractivity contribution in [3.05, 3.63) is 121 Å². The van der Waals surface area contributed by atoms with Gasteiger partial charge in [-0.2, -0.15) is 15.5 Å². The van der Waals surface area contributed by atoms with Crippen LogP contribution in [-0.4, -0.2) is 30.4 Å². The summed E-state index contributed by atoms with van der Waals surface area (Å²) in [5, 5.41) is 23.6. The molecule has 214 valence electrons. The molecule has 11 nitrogen and oxygen atoms in total. The number of para-hydroxylation sites is 2. The highest BCUT2D eigenvalue weighted by Gasteiger charge is 2.13. The van der Waals surface area contributed by atoms with E-state index in [1.807, 2.05) is 115 Å². The Labute approximate surface area is 251 Å². The van der Waals surface area contributed by atoms with Crippen LogP contribution in [-0.2, 0) is 0 Å². The molecule has 0 atom stereocenters. The summed E-state index contributed by atoms with van der Waals surface area (Å²) in [6.07, 6.45) is 1.40. The van der Waals surface area contributed by atoms with E-state index in [1.54, 1.807) is 0 Å². The first-order valence-corrected chi connectivity index (χ1v) is 13.4. The molecule has 0 saturated carbocycles. The number of aromatic nitrogens is 6. The molecular formula is C33H25N9O2. The Morgan fingerprint density at radius 2 is 1.07 bits per heavy atom. The summed E-state index contributed by atoms with van der Waals surface area (Å²) in [5.41, 5.74) is 15.7. The SMILES string of the molecule is N#Cc1c(N)n[nH]c1-c1ccc(Oc2ccccc2)cc1.Nc1ncnc2n[nH]c(-c3ccc(Oc4ccccc4)cc3)c12. The minimum atomic E-state index is 0.206. The quantitative estimate of drug-likeness (QED) is 0.166. The van der Waals surface area contributed by atoms with Crippen LogP contribution in [0, 0.1) is 11.3 Å². The smallest absolute Gasteiger partial charge is 0.186 e. The Hall–Kier alpha value is -6.67. The Kier molecular flexibility index (Phi) is 7.79. The Balaban J connectivity index is 0.000000157. The first-order chi connectivity index (χ1) is 21.6. The molecule has 3 aromatic heterocycles. The maximum absolute atomic E-state index is 9.08. The van der Waals surface area contributed by atoms with Gasteiger partial charge in [-0.25, -0.2) is 9.97 Å². The topological polar surface area (TPSA) is 177 Å². The summed E-state index contributed by atoms with van der Waals surface area (Å²) in [5.74, 6) is 3.66. The van der Waals surface area contributed by atoms with Crippen LogP contribution in [0.25, 0.3) is 33.5 Å². The third kappa shape index (κ3) is 6.00. The number of hydrogen-bond acceptors (Lipinski definition) is 9. The van der Waals surface area contributed by atoms with Crippen molar-refractivity contribution in [1.82, 2.24) is 30.4 Å². The summed E-state index contributed by atoms with van der Waals surface area (Å²) in [4.78, 5) is 8.12. The first kappa shape index (κ1) is 27.5. The molecule has 0 aliphatic rings. The largest absolute Gasteiger partial charge is 0.457 e. The monoisotopic (exact) mass is 579 g/mol. The first-order valence-electron chi connectivity index (χ1n) is 13.4. The number of nitrogens with two attached hydrogens (primary N) is 2. The second-order valence-electron chi connectivity index (χ2n) is 9.41. The lowest BCUT2D eigenvalue weighted by Gasteiger charge is -2.06. The predicted molar refractivity (Wildman–Crippen MR) is 168 cm³/mol. The highest BCUT2D eigenvalue weighted by Crippen LogP contribution is 2.31. The van der Waals surface area contributed by atoms with Gasteiger partial charge in [0.2, 0.25) is 0 Å². The molecule has 0 radical (unpaired) electrons. The van der Waals surface area contributed by atoms with E-state index in [0.717, 1.165) is 45.2 Å². The van der Waals surface area contributed by atoms with Crippen LogP contribution in [0.3, 0.4) is 0 Å². The molecule has 0 aliphatic carbocycles. The molecule has 7 aromatic rings. The van der Waals surface area contributed by atoms with Crippen molar-refractivity contribution in [2.24, 2.45) is 0 Å². The standard InChI is InChI=1S/C17H13N5O.C16H12N4O/c18-16-14-15(21-22-17(14)20-10-19-16)11-6-8-13(9-7-11)23-12-4-2-1-3-5-12;17-10-14-15(19-20-16(14)18)11-6-8-13(9-7-11)21-12-4-2-1-3-5-12/h1-10H,(H3,18,19,20,21,22);1-9H,(H3,18,19,20). The van der Waals surface area contributed by atoms with Crippen LogP contribution in [0.5, 0.6) is 23.0 Å². The van der Waals surface area contributed by atoms with Gasteiger partial charge in [-0.3, -0.25) is 10.2 Å². The Morgan fingerprint density at radius 1 is 0.568 bits per heavy atom. The lowest BCUT2D eigenvalue weighted by atomic mass is 10.1. The van der Waals surface area contributed by atoms with Gasteiger partial charge in [-0.1, -0.05) is 36.4 Å². The lowest BCUT2D eigenvalue weighted by molar-refractivity contribution is 0.482. The normalized spacial score (nSPS) is 10.4. The summed E-state index contributed by atoms with van der Waals surface area (Å²) >= 11 is 0. The van der Waals surface area contributed by atoms with E-state index in [1.165, 1.54) is 6.33 Å². The molecule has 4 aromatic carbocycles. The van der Waals surface area contributed by atoms with E-state index in [2.05, 4.69) is 30.4 Å². The number of anilines is 2. The van der Waals surface area contributed by atoms with Crippen molar-refractivity contribution < 1.29 is 9.47 Å². The third-order valence-electron chi connectivity index (χ3n) is 6.53. The van der Waals surface area contributed by atoms with Gasteiger partial charge < -0.3 is 20.9 Å². The van der Waals surface area contributed by atoms with Crippen LogP contribution in [0.2, 0.25) is 0 Å². The van der Waals surface area contributed by atoms with Crippen molar-refractivity contribution in [2.75, 3.05) is 11.5 Å². The predicted octanol–water partition coefficient (Wildman–Crippen LogP) is 6.72. The average Bonchev–Trinajstić information content (AvgIpc) is 3.67. The number of nitrogen functional groups attached to an aromatic ring is 2. The minimum Gasteiger partial charge on any atom is -0.457 e. The average molecular weight is 580 g/mol. The molecule has 0 aliphatic heterocycles. The summed E-state index contributed by atoms with van der Waals surface area (Å²) in [6.45, 7) is 0. The number of nitrogens with one attached hydrogen (secondary N) is 2. The zero-order chi connectivity index (χ0) is 30.3. The van der Waals surface area contributed by atoms with Gasteiger partial charge in [-0.05, 0) is 72.8 Å². The van der Waals surface area contributed by atoms with Crippen LogP contribution in [0.4, 0.5) is 11.6 Å². The van der Waals surface area contributed by atoms with E-state index in [9.17, 15) is 0 Å². The van der Waals surface area contributed by atoms with Crippen LogP contribution in [0.15, 0.2) is 116 Å². The highest BCUT2D eigenvalue weighted by molar-refractivity contribution is 5.97. The Morgan fingerprint density at radius 3 is 1.61 bits per heavy atom.